The van der Waals surface area contributed by atoms with Gasteiger partial charge in [0.15, 0.2) is 0 Å². The molecule has 8 heteroatoms. The maximum absolute atomic E-state index is 12.8. The molecule has 0 spiro atoms. The molecule has 0 aliphatic rings. The molecule has 24 heavy (non-hydrogen) atoms. The maximum Gasteiger partial charge on any atom is 0.423 e. The third-order valence-electron chi connectivity index (χ3n) is 3.16. The van der Waals surface area contributed by atoms with Crippen LogP contribution >= 0.6 is 11.6 Å². The zero-order chi connectivity index (χ0) is 17.5. The Labute approximate surface area is 142 Å². The SMILES string of the molecule is CC(C)(C)OC(=O)n1c(=O)n(-c2ccnc(Cl)n2)c2ccccc21. The fraction of sp³-hybridized carbons (Fsp3) is 0.250. The number of fused-ring (bicyclic) bond motifs is 1. The van der Waals surface area contributed by atoms with Crippen LogP contribution in [0.5, 0.6) is 0 Å². The molecule has 0 saturated heterocycles. The molecule has 0 N–H and O–H groups in total. The van der Waals surface area contributed by atoms with Crippen LogP contribution in [-0.4, -0.2) is 30.8 Å². The quantitative estimate of drug-likeness (QED) is 0.633. The molecular formula is C16H15ClN4O3. The van der Waals surface area contributed by atoms with E-state index in [1.165, 1.54) is 10.8 Å². The Morgan fingerprint density at radius 2 is 1.83 bits per heavy atom. The van der Waals surface area contributed by atoms with Gasteiger partial charge in [-0.3, -0.25) is 0 Å². The second kappa shape index (κ2) is 5.76. The number of hydrogen-bond acceptors (Lipinski definition) is 5. The average Bonchev–Trinajstić information content (AvgIpc) is 2.77. The lowest BCUT2D eigenvalue weighted by atomic mass is 10.2. The highest BCUT2D eigenvalue weighted by molar-refractivity contribution is 6.28. The van der Waals surface area contributed by atoms with Crippen molar-refractivity contribution < 1.29 is 9.53 Å². The normalized spacial score (nSPS) is 11.7. The zero-order valence-corrected chi connectivity index (χ0v) is 14.1. The standard InChI is InChI=1S/C16H15ClN4O3/c1-16(2,3)24-15(23)21-11-7-5-4-6-10(11)20(14(21)22)12-8-9-18-13(17)19-12/h4-9H,1-3H3. The van der Waals surface area contributed by atoms with Crippen LogP contribution < -0.4 is 5.69 Å². The van der Waals surface area contributed by atoms with Gasteiger partial charge in [0.05, 0.1) is 11.0 Å². The molecule has 0 aliphatic heterocycles. The van der Waals surface area contributed by atoms with Crippen molar-refractivity contribution in [3.8, 4) is 5.82 Å². The fourth-order valence-corrected chi connectivity index (χ4v) is 2.45. The largest absolute Gasteiger partial charge is 0.443 e. The minimum atomic E-state index is -0.748. The Bertz CT molecular complexity index is 985. The summed E-state index contributed by atoms with van der Waals surface area (Å²) in [5.41, 5.74) is -0.368. The highest BCUT2D eigenvalue weighted by Crippen LogP contribution is 2.18. The van der Waals surface area contributed by atoms with Crippen LogP contribution in [0.2, 0.25) is 5.28 Å². The van der Waals surface area contributed by atoms with E-state index < -0.39 is 17.4 Å². The first-order valence-electron chi connectivity index (χ1n) is 7.23. The lowest BCUT2D eigenvalue weighted by Crippen LogP contribution is -2.34. The highest BCUT2D eigenvalue weighted by Gasteiger charge is 2.24. The monoisotopic (exact) mass is 346 g/mol. The van der Waals surface area contributed by atoms with E-state index in [-0.39, 0.29) is 11.1 Å². The van der Waals surface area contributed by atoms with Crippen molar-refractivity contribution in [1.29, 1.82) is 0 Å². The molecular weight excluding hydrogens is 332 g/mol. The van der Waals surface area contributed by atoms with Crippen LogP contribution in [0.1, 0.15) is 20.8 Å². The van der Waals surface area contributed by atoms with Crippen molar-refractivity contribution in [2.75, 3.05) is 0 Å². The van der Waals surface area contributed by atoms with Gasteiger partial charge in [0, 0.05) is 12.3 Å². The van der Waals surface area contributed by atoms with Crippen LogP contribution in [-0.2, 0) is 4.74 Å². The number of hydrogen-bond donors (Lipinski definition) is 0. The molecule has 3 aromatic rings. The van der Waals surface area contributed by atoms with E-state index in [1.54, 1.807) is 51.1 Å². The molecule has 2 aromatic heterocycles. The first kappa shape index (κ1) is 16.2. The van der Waals surface area contributed by atoms with Crippen molar-refractivity contribution in [3.63, 3.8) is 0 Å². The summed E-state index contributed by atoms with van der Waals surface area (Å²) in [6.45, 7) is 5.21. The number of aromatic nitrogens is 4. The van der Waals surface area contributed by atoms with Crippen molar-refractivity contribution in [2.45, 2.75) is 26.4 Å². The molecule has 0 fully saturated rings. The van der Waals surface area contributed by atoms with Crippen molar-refractivity contribution in [1.82, 2.24) is 19.1 Å². The van der Waals surface area contributed by atoms with Gasteiger partial charge in [-0.1, -0.05) is 12.1 Å². The van der Waals surface area contributed by atoms with E-state index in [1.807, 2.05) is 0 Å². The Kier molecular flexibility index (Phi) is 3.88. The molecule has 124 valence electrons. The van der Waals surface area contributed by atoms with Gasteiger partial charge >= 0.3 is 11.8 Å². The molecule has 1 aromatic carbocycles. The smallest absolute Gasteiger partial charge is 0.423 e. The molecule has 0 atom stereocenters. The van der Waals surface area contributed by atoms with Gasteiger partial charge in [0.2, 0.25) is 5.28 Å². The van der Waals surface area contributed by atoms with Gasteiger partial charge in [-0.2, -0.15) is 9.55 Å². The van der Waals surface area contributed by atoms with E-state index in [0.29, 0.717) is 11.0 Å². The molecule has 0 unspecified atom stereocenters. The van der Waals surface area contributed by atoms with E-state index in [0.717, 1.165) is 4.57 Å². The van der Waals surface area contributed by atoms with Gasteiger partial charge in [0.25, 0.3) is 0 Å². The summed E-state index contributed by atoms with van der Waals surface area (Å²) in [5, 5.41) is 0.00787. The highest BCUT2D eigenvalue weighted by atomic mass is 35.5. The number of carbonyl (C=O) groups is 1. The summed E-state index contributed by atoms with van der Waals surface area (Å²) in [7, 11) is 0. The number of imidazole rings is 1. The summed E-state index contributed by atoms with van der Waals surface area (Å²) >= 11 is 5.82. The average molecular weight is 347 g/mol. The molecule has 0 bridgehead atoms. The minimum Gasteiger partial charge on any atom is -0.443 e. The Morgan fingerprint density at radius 3 is 2.46 bits per heavy atom. The number of carbonyl (C=O) groups excluding carboxylic acids is 1. The Hall–Kier alpha value is -2.67. The Balaban J connectivity index is 2.28. The van der Waals surface area contributed by atoms with Crippen LogP contribution in [0.25, 0.3) is 16.9 Å². The predicted molar refractivity (Wildman–Crippen MR) is 89.8 cm³/mol. The van der Waals surface area contributed by atoms with Gasteiger partial charge in [0.1, 0.15) is 11.4 Å². The van der Waals surface area contributed by atoms with Crippen LogP contribution in [0, 0.1) is 0 Å². The van der Waals surface area contributed by atoms with E-state index in [2.05, 4.69) is 9.97 Å². The predicted octanol–water partition coefficient (Wildman–Crippen LogP) is 3.02. The van der Waals surface area contributed by atoms with E-state index >= 15 is 0 Å². The van der Waals surface area contributed by atoms with Gasteiger partial charge in [-0.25, -0.2) is 19.1 Å². The number of benzene rings is 1. The van der Waals surface area contributed by atoms with Crippen LogP contribution in [0.4, 0.5) is 4.79 Å². The topological polar surface area (TPSA) is 79.0 Å². The summed E-state index contributed by atoms with van der Waals surface area (Å²) < 4.78 is 7.62. The molecule has 3 rings (SSSR count). The van der Waals surface area contributed by atoms with E-state index in [9.17, 15) is 9.59 Å². The first-order chi connectivity index (χ1) is 11.3. The third kappa shape index (κ3) is 2.90. The third-order valence-corrected chi connectivity index (χ3v) is 3.34. The fourth-order valence-electron chi connectivity index (χ4n) is 2.30. The second-order valence-electron chi connectivity index (χ2n) is 6.11. The van der Waals surface area contributed by atoms with Gasteiger partial charge in [-0.15, -0.1) is 0 Å². The number of halogens is 1. The molecule has 0 radical (unpaired) electrons. The van der Waals surface area contributed by atoms with Gasteiger partial charge in [-0.05, 0) is 44.5 Å². The first-order valence-corrected chi connectivity index (χ1v) is 7.60. The number of ether oxygens (including phenoxy) is 1. The summed E-state index contributed by atoms with van der Waals surface area (Å²) in [6, 6.07) is 8.42. The summed E-state index contributed by atoms with van der Waals surface area (Å²) in [5.74, 6) is 0.276. The number of rotatable bonds is 1. The van der Waals surface area contributed by atoms with Crippen molar-refractivity contribution >= 4 is 28.7 Å². The van der Waals surface area contributed by atoms with Gasteiger partial charge < -0.3 is 4.74 Å². The van der Waals surface area contributed by atoms with Crippen LogP contribution in [0.15, 0.2) is 41.3 Å². The number of para-hydroxylation sites is 2. The minimum absolute atomic E-state index is 0.00787. The number of nitrogens with zero attached hydrogens (tertiary/aromatic N) is 4. The lowest BCUT2D eigenvalue weighted by molar-refractivity contribution is 0.0538. The molecule has 0 amide bonds. The van der Waals surface area contributed by atoms with Crippen molar-refractivity contribution in [2.24, 2.45) is 0 Å². The zero-order valence-electron chi connectivity index (χ0n) is 13.4. The molecule has 7 nitrogen and oxygen atoms in total. The molecule has 0 saturated carbocycles. The van der Waals surface area contributed by atoms with E-state index in [4.69, 9.17) is 16.3 Å². The lowest BCUT2D eigenvalue weighted by Gasteiger charge is -2.19. The Morgan fingerprint density at radius 1 is 1.17 bits per heavy atom. The summed E-state index contributed by atoms with van der Waals surface area (Å²) in [6.07, 6.45) is 0.694. The maximum atomic E-state index is 12.8. The van der Waals surface area contributed by atoms with Crippen molar-refractivity contribution in [3.05, 3.63) is 52.3 Å². The second-order valence-corrected chi connectivity index (χ2v) is 6.44. The van der Waals surface area contributed by atoms with Crippen LogP contribution in [0.3, 0.4) is 0 Å². The summed E-state index contributed by atoms with van der Waals surface area (Å²) in [4.78, 5) is 33.2. The molecule has 2 heterocycles. The molecule has 0 aliphatic carbocycles.